The van der Waals surface area contributed by atoms with Crippen LogP contribution in [0.5, 0.6) is 11.5 Å². The van der Waals surface area contributed by atoms with Gasteiger partial charge in [0.05, 0.1) is 11.6 Å². The minimum absolute atomic E-state index is 0.548. The summed E-state index contributed by atoms with van der Waals surface area (Å²) < 4.78 is 11.8. The lowest BCUT2D eigenvalue weighted by Crippen LogP contribution is -1.95. The van der Waals surface area contributed by atoms with Crippen LogP contribution in [0.2, 0.25) is 0 Å². The van der Waals surface area contributed by atoms with Gasteiger partial charge in [-0.25, -0.2) is 0 Å². The summed E-state index contributed by atoms with van der Waals surface area (Å²) >= 11 is 3.45. The van der Waals surface area contributed by atoms with Crippen LogP contribution in [-0.2, 0) is 6.61 Å². The number of benzene rings is 2. The van der Waals surface area contributed by atoms with Crippen molar-refractivity contribution in [2.24, 2.45) is 0 Å². The molecule has 3 heteroatoms. The molecular formula is C14H13BrO2. The Hall–Kier alpha value is -1.48. The van der Waals surface area contributed by atoms with Crippen LogP contribution in [-0.4, -0.2) is 7.11 Å². The van der Waals surface area contributed by atoms with Crippen molar-refractivity contribution in [1.82, 2.24) is 0 Å². The number of halogens is 1. The van der Waals surface area contributed by atoms with Gasteiger partial charge in [0.15, 0.2) is 0 Å². The van der Waals surface area contributed by atoms with Gasteiger partial charge >= 0.3 is 0 Å². The molecule has 2 rings (SSSR count). The molecule has 0 amide bonds. The van der Waals surface area contributed by atoms with E-state index in [-0.39, 0.29) is 0 Å². The monoisotopic (exact) mass is 292 g/mol. The van der Waals surface area contributed by atoms with Gasteiger partial charge in [0, 0.05) is 0 Å². The molecule has 2 aromatic carbocycles. The third kappa shape index (κ3) is 3.24. The van der Waals surface area contributed by atoms with Gasteiger partial charge in [-0.2, -0.15) is 0 Å². The summed E-state index contributed by atoms with van der Waals surface area (Å²) in [5.41, 5.74) is 1.11. The van der Waals surface area contributed by atoms with Crippen LogP contribution < -0.4 is 9.47 Å². The Morgan fingerprint density at radius 2 is 1.71 bits per heavy atom. The van der Waals surface area contributed by atoms with Gasteiger partial charge in [0.25, 0.3) is 0 Å². The first-order valence-electron chi connectivity index (χ1n) is 5.30. The average Bonchev–Trinajstić information content (AvgIpc) is 2.38. The van der Waals surface area contributed by atoms with E-state index in [9.17, 15) is 0 Å². The summed E-state index contributed by atoms with van der Waals surface area (Å²) in [6, 6.07) is 15.7. The van der Waals surface area contributed by atoms with Gasteiger partial charge in [-0.05, 0) is 45.8 Å². The van der Waals surface area contributed by atoms with Gasteiger partial charge < -0.3 is 9.47 Å². The fourth-order valence-electron chi connectivity index (χ4n) is 1.44. The highest BCUT2D eigenvalue weighted by molar-refractivity contribution is 9.10. The maximum absolute atomic E-state index is 5.71. The van der Waals surface area contributed by atoms with Gasteiger partial charge in [0.2, 0.25) is 0 Å². The second-order valence-electron chi connectivity index (χ2n) is 3.57. The zero-order chi connectivity index (χ0) is 12.1. The third-order valence-electron chi connectivity index (χ3n) is 2.39. The zero-order valence-corrected chi connectivity index (χ0v) is 11.1. The fraction of sp³-hybridized carbons (Fsp3) is 0.143. The topological polar surface area (TPSA) is 18.5 Å². The Morgan fingerprint density at radius 3 is 2.35 bits per heavy atom. The molecular weight excluding hydrogens is 280 g/mol. The van der Waals surface area contributed by atoms with Crippen molar-refractivity contribution in [2.45, 2.75) is 6.61 Å². The van der Waals surface area contributed by atoms with Crippen molar-refractivity contribution in [3.05, 3.63) is 58.6 Å². The summed E-state index contributed by atoms with van der Waals surface area (Å²) in [6.07, 6.45) is 0. The summed E-state index contributed by atoms with van der Waals surface area (Å²) in [6.45, 7) is 0.548. The summed E-state index contributed by atoms with van der Waals surface area (Å²) in [5.74, 6) is 1.71. The highest BCUT2D eigenvalue weighted by atomic mass is 79.9. The van der Waals surface area contributed by atoms with Crippen LogP contribution in [0, 0.1) is 0 Å². The van der Waals surface area contributed by atoms with E-state index < -0.39 is 0 Å². The Balaban J connectivity index is 2.00. The molecule has 0 saturated heterocycles. The van der Waals surface area contributed by atoms with Gasteiger partial charge in [0.1, 0.15) is 18.1 Å². The third-order valence-corrected chi connectivity index (χ3v) is 3.05. The van der Waals surface area contributed by atoms with Crippen molar-refractivity contribution < 1.29 is 9.47 Å². The Morgan fingerprint density at radius 1 is 1.00 bits per heavy atom. The molecule has 88 valence electrons. The predicted molar refractivity (Wildman–Crippen MR) is 71.5 cm³/mol. The lowest BCUT2D eigenvalue weighted by atomic mass is 10.2. The Labute approximate surface area is 109 Å². The molecule has 0 radical (unpaired) electrons. The molecule has 0 bridgehead atoms. The molecule has 0 aliphatic carbocycles. The number of methoxy groups -OCH3 is 1. The first kappa shape index (κ1) is 12.0. The number of rotatable bonds is 4. The lowest BCUT2D eigenvalue weighted by Gasteiger charge is -2.08. The van der Waals surface area contributed by atoms with Crippen molar-refractivity contribution in [3.63, 3.8) is 0 Å². The Bertz CT molecular complexity index is 480. The summed E-state index contributed by atoms with van der Waals surface area (Å²) in [4.78, 5) is 0. The van der Waals surface area contributed by atoms with Gasteiger partial charge in [-0.3, -0.25) is 0 Å². The van der Waals surface area contributed by atoms with Gasteiger partial charge in [-0.1, -0.05) is 24.3 Å². The standard InChI is InChI=1S/C14H13BrO2/c1-16-12-8-6-11(7-9-12)10-17-14-5-3-2-4-13(14)15/h2-9H,10H2,1H3. The van der Waals surface area contributed by atoms with Crippen molar-refractivity contribution in [1.29, 1.82) is 0 Å². The van der Waals surface area contributed by atoms with Gasteiger partial charge in [-0.15, -0.1) is 0 Å². The van der Waals surface area contributed by atoms with Crippen molar-refractivity contribution in [3.8, 4) is 11.5 Å². The van der Waals surface area contributed by atoms with Crippen LogP contribution in [0.3, 0.4) is 0 Å². The van der Waals surface area contributed by atoms with E-state index in [2.05, 4.69) is 15.9 Å². The van der Waals surface area contributed by atoms with E-state index in [1.807, 2.05) is 48.5 Å². The minimum atomic E-state index is 0.548. The highest BCUT2D eigenvalue weighted by Crippen LogP contribution is 2.24. The minimum Gasteiger partial charge on any atom is -0.497 e. The number of ether oxygens (including phenoxy) is 2. The maximum atomic E-state index is 5.71. The molecule has 0 heterocycles. The number of hydrogen-bond acceptors (Lipinski definition) is 2. The Kier molecular flexibility index (Phi) is 4.04. The SMILES string of the molecule is COc1ccc(COc2ccccc2Br)cc1. The second-order valence-corrected chi connectivity index (χ2v) is 4.42. The molecule has 0 atom stereocenters. The summed E-state index contributed by atoms with van der Waals surface area (Å²) in [7, 11) is 1.66. The molecule has 0 aliphatic rings. The molecule has 0 N–H and O–H groups in total. The molecule has 0 saturated carbocycles. The molecule has 0 aromatic heterocycles. The van der Waals surface area contributed by atoms with Crippen molar-refractivity contribution >= 4 is 15.9 Å². The van der Waals surface area contributed by atoms with Crippen LogP contribution >= 0.6 is 15.9 Å². The molecule has 0 spiro atoms. The molecule has 17 heavy (non-hydrogen) atoms. The number of para-hydroxylation sites is 1. The van der Waals surface area contributed by atoms with Crippen LogP contribution in [0.25, 0.3) is 0 Å². The first-order chi connectivity index (χ1) is 8.29. The van der Waals surface area contributed by atoms with Crippen LogP contribution in [0.4, 0.5) is 0 Å². The predicted octanol–water partition coefficient (Wildman–Crippen LogP) is 4.04. The van der Waals surface area contributed by atoms with Crippen LogP contribution in [0.15, 0.2) is 53.0 Å². The molecule has 0 unspecified atom stereocenters. The molecule has 2 nitrogen and oxygen atoms in total. The largest absolute Gasteiger partial charge is 0.497 e. The fourth-order valence-corrected chi connectivity index (χ4v) is 1.84. The van der Waals surface area contributed by atoms with E-state index >= 15 is 0 Å². The van der Waals surface area contributed by atoms with Crippen molar-refractivity contribution in [2.75, 3.05) is 7.11 Å². The smallest absolute Gasteiger partial charge is 0.133 e. The first-order valence-corrected chi connectivity index (χ1v) is 6.09. The van der Waals surface area contributed by atoms with E-state index in [4.69, 9.17) is 9.47 Å². The molecule has 0 fully saturated rings. The highest BCUT2D eigenvalue weighted by Gasteiger charge is 2.00. The second kappa shape index (κ2) is 5.73. The maximum Gasteiger partial charge on any atom is 0.133 e. The summed E-state index contributed by atoms with van der Waals surface area (Å²) in [5, 5.41) is 0. The zero-order valence-electron chi connectivity index (χ0n) is 9.52. The average molecular weight is 293 g/mol. The number of hydrogen-bond donors (Lipinski definition) is 0. The van der Waals surface area contributed by atoms with E-state index in [1.54, 1.807) is 7.11 Å². The van der Waals surface area contributed by atoms with E-state index in [1.165, 1.54) is 0 Å². The van der Waals surface area contributed by atoms with E-state index in [0.717, 1.165) is 21.5 Å². The quantitative estimate of drug-likeness (QED) is 0.847. The lowest BCUT2D eigenvalue weighted by molar-refractivity contribution is 0.304. The van der Waals surface area contributed by atoms with E-state index in [0.29, 0.717) is 6.61 Å². The molecule has 0 aliphatic heterocycles. The normalized spacial score (nSPS) is 10.0. The van der Waals surface area contributed by atoms with Crippen LogP contribution in [0.1, 0.15) is 5.56 Å². The molecule has 2 aromatic rings.